The molecule has 60 heavy (non-hydrogen) atoms. The standard InChI is InChI=1S/C53H46O7/c1-36-12-24-44(25-13-36)59-50(55)32-34-57-42-26-18-39(19-27-42)53(48-10-6-4-8-46(48)47-9-5-7-11-49(47)53)40-20-28-43(29-21-40)58-35-33-51(56)60-45-30-16-38(17-31-45)52(2,3)37-14-22-41(54)23-15-37/h4-31,54H,32-35H2,1-3H3. The van der Waals surface area contributed by atoms with Gasteiger partial charge in [-0.05, 0) is 112 Å². The maximum atomic E-state index is 12.8. The molecule has 0 unspecified atom stereocenters. The van der Waals surface area contributed by atoms with Crippen molar-refractivity contribution >= 4 is 11.9 Å². The van der Waals surface area contributed by atoms with Crippen LogP contribution in [0.15, 0.2) is 170 Å². The predicted octanol–water partition coefficient (Wildman–Crippen LogP) is 11.1. The highest BCUT2D eigenvalue weighted by Crippen LogP contribution is 2.56. The quantitative estimate of drug-likeness (QED) is 0.0866. The molecule has 1 aliphatic rings. The first-order valence-corrected chi connectivity index (χ1v) is 20.2. The smallest absolute Gasteiger partial charge is 0.314 e. The molecule has 7 aromatic carbocycles. The number of benzene rings is 7. The van der Waals surface area contributed by atoms with E-state index in [4.69, 9.17) is 18.9 Å². The maximum absolute atomic E-state index is 12.8. The Kier molecular flexibility index (Phi) is 11.2. The molecule has 0 saturated heterocycles. The number of phenolic OH excluding ortho intramolecular Hbond substituents is 1. The first-order chi connectivity index (χ1) is 29.1. The number of aromatic hydroxyl groups is 1. The Morgan fingerprint density at radius 2 is 0.883 bits per heavy atom. The molecule has 300 valence electrons. The van der Waals surface area contributed by atoms with Crippen molar-refractivity contribution in [1.29, 1.82) is 0 Å². The minimum atomic E-state index is -0.624. The molecule has 7 aromatic rings. The van der Waals surface area contributed by atoms with Crippen LogP contribution in [0.1, 0.15) is 65.6 Å². The Hall–Kier alpha value is -7.12. The average molecular weight is 795 g/mol. The molecule has 0 heterocycles. The minimum Gasteiger partial charge on any atom is -0.508 e. The lowest BCUT2D eigenvalue weighted by molar-refractivity contribution is -0.135. The van der Waals surface area contributed by atoms with Crippen LogP contribution in [0, 0.1) is 6.92 Å². The van der Waals surface area contributed by atoms with E-state index in [0.717, 1.165) is 27.8 Å². The van der Waals surface area contributed by atoms with Gasteiger partial charge in [0.25, 0.3) is 0 Å². The van der Waals surface area contributed by atoms with Crippen LogP contribution in [-0.2, 0) is 20.4 Å². The van der Waals surface area contributed by atoms with Crippen LogP contribution in [0.5, 0.6) is 28.7 Å². The number of fused-ring (bicyclic) bond motifs is 3. The summed E-state index contributed by atoms with van der Waals surface area (Å²) in [6.45, 7) is 6.56. The van der Waals surface area contributed by atoms with Gasteiger partial charge in [0, 0.05) is 5.41 Å². The molecule has 1 aliphatic carbocycles. The van der Waals surface area contributed by atoms with Crippen LogP contribution in [0.3, 0.4) is 0 Å². The third-order valence-electron chi connectivity index (χ3n) is 11.3. The highest BCUT2D eigenvalue weighted by atomic mass is 16.5. The highest BCUT2D eigenvalue weighted by Gasteiger charge is 2.45. The Labute approximate surface area is 350 Å². The van der Waals surface area contributed by atoms with Crippen molar-refractivity contribution in [3.8, 4) is 39.9 Å². The fraction of sp³-hybridized carbons (Fsp3) is 0.170. The number of aryl methyl sites for hydroxylation is 1. The summed E-state index contributed by atoms with van der Waals surface area (Å²) in [5.74, 6) is 1.78. The van der Waals surface area contributed by atoms with Gasteiger partial charge in [0.05, 0.1) is 31.5 Å². The molecule has 0 atom stereocenters. The summed E-state index contributed by atoms with van der Waals surface area (Å²) in [5.41, 5.74) is 9.13. The number of carbonyl (C=O) groups is 2. The molecule has 0 fully saturated rings. The topological polar surface area (TPSA) is 91.3 Å². The molecule has 7 heteroatoms. The van der Waals surface area contributed by atoms with Gasteiger partial charge in [-0.15, -0.1) is 0 Å². The first-order valence-electron chi connectivity index (χ1n) is 20.2. The second-order valence-corrected chi connectivity index (χ2v) is 15.5. The molecule has 0 aromatic heterocycles. The third kappa shape index (κ3) is 8.12. The van der Waals surface area contributed by atoms with E-state index in [1.807, 2.05) is 67.6 Å². The summed E-state index contributed by atoms with van der Waals surface area (Å²) >= 11 is 0. The van der Waals surface area contributed by atoms with Crippen molar-refractivity contribution in [2.75, 3.05) is 13.2 Å². The third-order valence-corrected chi connectivity index (χ3v) is 11.3. The van der Waals surface area contributed by atoms with E-state index in [-0.39, 0.29) is 49.2 Å². The van der Waals surface area contributed by atoms with E-state index in [1.54, 1.807) is 36.4 Å². The molecule has 0 spiro atoms. The molecule has 0 saturated carbocycles. The molecular weight excluding hydrogens is 749 g/mol. The lowest BCUT2D eigenvalue weighted by Gasteiger charge is -2.34. The number of rotatable bonds is 14. The van der Waals surface area contributed by atoms with E-state index in [2.05, 4.69) is 86.6 Å². The van der Waals surface area contributed by atoms with Gasteiger partial charge in [0.15, 0.2) is 0 Å². The Morgan fingerprint density at radius 1 is 0.500 bits per heavy atom. The first kappa shape index (κ1) is 39.7. The Balaban J connectivity index is 0.940. The Morgan fingerprint density at radius 3 is 1.33 bits per heavy atom. The molecule has 8 rings (SSSR count). The fourth-order valence-corrected chi connectivity index (χ4v) is 8.09. The fourth-order valence-electron chi connectivity index (χ4n) is 8.09. The van der Waals surface area contributed by atoms with E-state index < -0.39 is 5.41 Å². The van der Waals surface area contributed by atoms with E-state index in [9.17, 15) is 14.7 Å². The number of hydrogen-bond donors (Lipinski definition) is 1. The molecular formula is C53H46O7. The van der Waals surface area contributed by atoms with Crippen LogP contribution < -0.4 is 18.9 Å². The van der Waals surface area contributed by atoms with Crippen LogP contribution in [0.4, 0.5) is 0 Å². The van der Waals surface area contributed by atoms with Gasteiger partial charge in [-0.25, -0.2) is 0 Å². The van der Waals surface area contributed by atoms with Crippen LogP contribution in [-0.4, -0.2) is 30.3 Å². The van der Waals surface area contributed by atoms with Crippen molar-refractivity contribution in [3.63, 3.8) is 0 Å². The van der Waals surface area contributed by atoms with Gasteiger partial charge in [-0.3, -0.25) is 9.59 Å². The van der Waals surface area contributed by atoms with Gasteiger partial charge in [-0.1, -0.05) is 129 Å². The van der Waals surface area contributed by atoms with E-state index in [0.29, 0.717) is 23.0 Å². The van der Waals surface area contributed by atoms with Crippen LogP contribution >= 0.6 is 0 Å². The van der Waals surface area contributed by atoms with Crippen molar-refractivity contribution in [2.24, 2.45) is 0 Å². The van der Waals surface area contributed by atoms with Crippen molar-refractivity contribution in [2.45, 2.75) is 44.4 Å². The second-order valence-electron chi connectivity index (χ2n) is 15.5. The van der Waals surface area contributed by atoms with Crippen molar-refractivity contribution in [1.82, 2.24) is 0 Å². The summed E-state index contributed by atoms with van der Waals surface area (Å²) in [7, 11) is 0. The lowest BCUT2D eigenvalue weighted by Crippen LogP contribution is -2.28. The zero-order valence-electron chi connectivity index (χ0n) is 33.9. The average Bonchev–Trinajstić information content (AvgIpc) is 3.56. The Bertz CT molecular complexity index is 2550. The van der Waals surface area contributed by atoms with Crippen LogP contribution in [0.25, 0.3) is 11.1 Å². The van der Waals surface area contributed by atoms with Crippen molar-refractivity contribution in [3.05, 3.63) is 209 Å². The SMILES string of the molecule is Cc1ccc(OC(=O)CCOc2ccc(C3(c4ccc(OCCC(=O)Oc5ccc(C(C)(C)c6ccc(O)cc6)cc5)cc4)c4ccccc4-c4ccccc43)cc2)cc1. The zero-order valence-corrected chi connectivity index (χ0v) is 33.9. The summed E-state index contributed by atoms with van der Waals surface area (Å²) in [5, 5.41) is 9.69. The van der Waals surface area contributed by atoms with Gasteiger partial charge >= 0.3 is 11.9 Å². The molecule has 0 aliphatic heterocycles. The van der Waals surface area contributed by atoms with Gasteiger partial charge in [0.1, 0.15) is 28.7 Å². The molecule has 0 bridgehead atoms. The summed E-state index contributed by atoms with van der Waals surface area (Å²) in [4.78, 5) is 25.3. The molecule has 0 amide bonds. The van der Waals surface area contributed by atoms with E-state index >= 15 is 0 Å². The number of esters is 2. The van der Waals surface area contributed by atoms with Crippen molar-refractivity contribution < 1.29 is 33.6 Å². The largest absolute Gasteiger partial charge is 0.508 e. The number of ether oxygens (including phenoxy) is 4. The molecule has 1 N–H and O–H groups in total. The minimum absolute atomic E-state index is 0.0789. The van der Waals surface area contributed by atoms with Gasteiger partial charge in [-0.2, -0.15) is 0 Å². The second kappa shape index (κ2) is 17.0. The normalized spacial score (nSPS) is 12.5. The number of carbonyl (C=O) groups excluding carboxylic acids is 2. The van der Waals surface area contributed by atoms with Gasteiger partial charge < -0.3 is 24.1 Å². The summed E-state index contributed by atoms with van der Waals surface area (Å²) < 4.78 is 23.2. The number of hydrogen-bond acceptors (Lipinski definition) is 7. The monoisotopic (exact) mass is 794 g/mol. The van der Waals surface area contributed by atoms with E-state index in [1.165, 1.54) is 22.3 Å². The molecule has 0 radical (unpaired) electrons. The predicted molar refractivity (Wildman–Crippen MR) is 233 cm³/mol. The number of phenols is 1. The molecule has 7 nitrogen and oxygen atoms in total. The summed E-state index contributed by atoms with van der Waals surface area (Å²) in [6.07, 6.45) is 0.196. The van der Waals surface area contributed by atoms with Crippen LogP contribution in [0.2, 0.25) is 0 Å². The zero-order chi connectivity index (χ0) is 41.7. The lowest BCUT2D eigenvalue weighted by atomic mass is 9.68. The highest BCUT2D eigenvalue weighted by molar-refractivity contribution is 5.86. The van der Waals surface area contributed by atoms with Gasteiger partial charge in [0.2, 0.25) is 0 Å². The summed E-state index contributed by atoms with van der Waals surface area (Å²) in [6, 6.07) is 55.3. The maximum Gasteiger partial charge on any atom is 0.314 e.